The molecule has 1 aromatic heterocycles. The molecular formula is C13H13FN2O. The summed E-state index contributed by atoms with van der Waals surface area (Å²) in [6.45, 7) is 1.99. The Morgan fingerprint density at radius 3 is 2.71 bits per heavy atom. The molecule has 2 N–H and O–H groups in total. The van der Waals surface area contributed by atoms with Crippen molar-refractivity contribution in [1.82, 2.24) is 4.98 Å². The Bertz CT molecular complexity index is 529. The van der Waals surface area contributed by atoms with Gasteiger partial charge in [0.1, 0.15) is 0 Å². The molecule has 0 bridgehead atoms. The van der Waals surface area contributed by atoms with E-state index in [2.05, 4.69) is 4.98 Å². The predicted octanol–water partition coefficient (Wildman–Crippen LogP) is 2.78. The number of aryl methyl sites for hydroxylation is 1. The van der Waals surface area contributed by atoms with E-state index < -0.39 is 5.82 Å². The van der Waals surface area contributed by atoms with Crippen molar-refractivity contribution in [3.8, 4) is 11.6 Å². The van der Waals surface area contributed by atoms with Crippen LogP contribution in [0, 0.1) is 12.7 Å². The summed E-state index contributed by atoms with van der Waals surface area (Å²) in [5.41, 5.74) is 6.67. The Balaban J connectivity index is 2.30. The Labute approximate surface area is 99.1 Å². The summed E-state index contributed by atoms with van der Waals surface area (Å²) in [4.78, 5) is 4.14. The molecule has 0 unspecified atom stereocenters. The fraction of sp³-hybridized carbons (Fsp3) is 0.154. The second-order valence-corrected chi connectivity index (χ2v) is 3.65. The van der Waals surface area contributed by atoms with E-state index in [-0.39, 0.29) is 12.3 Å². The number of ether oxygens (including phenoxy) is 1. The van der Waals surface area contributed by atoms with Gasteiger partial charge in [-0.3, -0.25) is 0 Å². The third-order valence-corrected chi connectivity index (χ3v) is 2.34. The normalized spacial score (nSPS) is 10.3. The maximum atomic E-state index is 13.8. The molecule has 2 rings (SSSR count). The number of nitrogens with zero attached hydrogens (tertiary/aromatic N) is 1. The number of hydrogen-bond acceptors (Lipinski definition) is 3. The van der Waals surface area contributed by atoms with Crippen molar-refractivity contribution < 1.29 is 9.13 Å². The summed E-state index contributed by atoms with van der Waals surface area (Å²) in [6.07, 6.45) is 0. The first-order chi connectivity index (χ1) is 8.20. The van der Waals surface area contributed by atoms with Gasteiger partial charge in [0, 0.05) is 23.9 Å². The summed E-state index contributed by atoms with van der Waals surface area (Å²) in [5, 5.41) is 0. The highest BCUT2D eigenvalue weighted by Gasteiger charge is 2.09. The molecule has 88 valence electrons. The van der Waals surface area contributed by atoms with Gasteiger partial charge in [-0.2, -0.15) is 0 Å². The van der Waals surface area contributed by atoms with Crippen molar-refractivity contribution in [2.24, 2.45) is 5.73 Å². The van der Waals surface area contributed by atoms with Crippen LogP contribution in [0.3, 0.4) is 0 Å². The molecule has 0 atom stereocenters. The number of aromatic nitrogens is 1. The van der Waals surface area contributed by atoms with Crippen LogP contribution in [0.5, 0.6) is 11.6 Å². The Morgan fingerprint density at radius 1 is 1.24 bits per heavy atom. The third-order valence-electron chi connectivity index (χ3n) is 2.34. The monoisotopic (exact) mass is 232 g/mol. The maximum Gasteiger partial charge on any atom is 0.219 e. The number of benzene rings is 1. The van der Waals surface area contributed by atoms with Crippen molar-refractivity contribution in [3.05, 3.63) is 53.5 Å². The molecule has 2 aromatic rings. The van der Waals surface area contributed by atoms with Gasteiger partial charge in [-0.25, -0.2) is 9.37 Å². The van der Waals surface area contributed by atoms with Crippen LogP contribution in [-0.2, 0) is 6.54 Å². The number of nitrogens with two attached hydrogens (primary N) is 1. The number of rotatable bonds is 3. The molecular weight excluding hydrogens is 219 g/mol. The highest BCUT2D eigenvalue weighted by atomic mass is 19.1. The number of hydrogen-bond donors (Lipinski definition) is 1. The fourth-order valence-corrected chi connectivity index (χ4v) is 1.48. The molecule has 0 aliphatic heterocycles. The molecule has 0 radical (unpaired) electrons. The van der Waals surface area contributed by atoms with Gasteiger partial charge in [0.15, 0.2) is 11.6 Å². The quantitative estimate of drug-likeness (QED) is 0.885. The van der Waals surface area contributed by atoms with Gasteiger partial charge in [0.05, 0.1) is 0 Å². The Morgan fingerprint density at radius 2 is 2.00 bits per heavy atom. The van der Waals surface area contributed by atoms with Gasteiger partial charge in [-0.15, -0.1) is 0 Å². The van der Waals surface area contributed by atoms with Gasteiger partial charge >= 0.3 is 0 Å². The van der Waals surface area contributed by atoms with Crippen LogP contribution in [0.1, 0.15) is 11.3 Å². The highest BCUT2D eigenvalue weighted by Crippen LogP contribution is 2.25. The first-order valence-corrected chi connectivity index (χ1v) is 5.29. The van der Waals surface area contributed by atoms with Gasteiger partial charge in [-0.1, -0.05) is 18.2 Å². The fourth-order valence-electron chi connectivity index (χ4n) is 1.48. The summed E-state index contributed by atoms with van der Waals surface area (Å²) >= 11 is 0. The van der Waals surface area contributed by atoms with Crippen molar-refractivity contribution in [3.63, 3.8) is 0 Å². The van der Waals surface area contributed by atoms with Crippen LogP contribution >= 0.6 is 0 Å². The van der Waals surface area contributed by atoms with E-state index in [4.69, 9.17) is 10.5 Å². The maximum absolute atomic E-state index is 13.8. The van der Waals surface area contributed by atoms with E-state index >= 15 is 0 Å². The molecule has 0 amide bonds. The third kappa shape index (κ3) is 2.60. The molecule has 0 spiro atoms. The molecule has 0 fully saturated rings. The van der Waals surface area contributed by atoms with Crippen LogP contribution in [0.25, 0.3) is 0 Å². The lowest BCUT2D eigenvalue weighted by Crippen LogP contribution is -2.01. The second-order valence-electron chi connectivity index (χ2n) is 3.65. The van der Waals surface area contributed by atoms with Gasteiger partial charge in [0.2, 0.25) is 5.88 Å². The lowest BCUT2D eigenvalue weighted by Gasteiger charge is -2.08. The zero-order chi connectivity index (χ0) is 12.3. The molecule has 0 saturated carbocycles. The minimum Gasteiger partial charge on any atom is -0.436 e. The lowest BCUT2D eigenvalue weighted by molar-refractivity contribution is 0.423. The minimum atomic E-state index is -0.432. The zero-order valence-corrected chi connectivity index (χ0v) is 9.48. The molecule has 0 saturated heterocycles. The molecule has 4 heteroatoms. The average molecular weight is 232 g/mol. The summed E-state index contributed by atoms with van der Waals surface area (Å²) in [7, 11) is 0. The van der Waals surface area contributed by atoms with Crippen LogP contribution in [0.2, 0.25) is 0 Å². The summed E-state index contributed by atoms with van der Waals surface area (Å²) < 4.78 is 19.2. The zero-order valence-electron chi connectivity index (χ0n) is 9.48. The predicted molar refractivity (Wildman–Crippen MR) is 63.3 cm³/mol. The van der Waals surface area contributed by atoms with Crippen LogP contribution in [0.15, 0.2) is 36.4 Å². The Hall–Kier alpha value is -1.94. The van der Waals surface area contributed by atoms with Crippen molar-refractivity contribution in [1.29, 1.82) is 0 Å². The van der Waals surface area contributed by atoms with Crippen molar-refractivity contribution in [2.75, 3.05) is 0 Å². The van der Waals surface area contributed by atoms with Gasteiger partial charge in [0.25, 0.3) is 0 Å². The first kappa shape index (κ1) is 11.5. The lowest BCUT2D eigenvalue weighted by atomic mass is 10.2. The average Bonchev–Trinajstić information content (AvgIpc) is 2.32. The number of halogens is 1. The smallest absolute Gasteiger partial charge is 0.219 e. The molecule has 1 heterocycles. The molecule has 0 aliphatic carbocycles. The van der Waals surface area contributed by atoms with Crippen LogP contribution in [-0.4, -0.2) is 4.98 Å². The Kier molecular flexibility index (Phi) is 3.35. The summed E-state index contributed by atoms with van der Waals surface area (Å²) in [5.74, 6) is 0.0856. The second kappa shape index (κ2) is 4.93. The minimum absolute atomic E-state index is 0.143. The topological polar surface area (TPSA) is 48.1 Å². The van der Waals surface area contributed by atoms with E-state index in [1.54, 1.807) is 24.3 Å². The van der Waals surface area contributed by atoms with Gasteiger partial charge in [-0.05, 0) is 19.1 Å². The summed E-state index contributed by atoms with van der Waals surface area (Å²) in [6, 6.07) is 10.2. The van der Waals surface area contributed by atoms with Crippen LogP contribution in [0.4, 0.5) is 4.39 Å². The van der Waals surface area contributed by atoms with Crippen molar-refractivity contribution in [2.45, 2.75) is 13.5 Å². The van der Waals surface area contributed by atoms with E-state index in [0.717, 1.165) is 5.69 Å². The van der Waals surface area contributed by atoms with Crippen molar-refractivity contribution >= 4 is 0 Å². The highest BCUT2D eigenvalue weighted by molar-refractivity contribution is 5.33. The van der Waals surface area contributed by atoms with E-state index in [9.17, 15) is 4.39 Å². The molecule has 0 aliphatic rings. The largest absolute Gasteiger partial charge is 0.436 e. The van der Waals surface area contributed by atoms with E-state index in [1.165, 1.54) is 0 Å². The standard InChI is InChI=1S/C13H13FN2O/c1-9-4-2-7-12(16-9)17-11-6-3-5-10(8-15)13(11)14/h2-7H,8,15H2,1H3. The van der Waals surface area contributed by atoms with E-state index in [1.807, 2.05) is 19.1 Å². The van der Waals surface area contributed by atoms with E-state index in [0.29, 0.717) is 11.4 Å². The molecule has 17 heavy (non-hydrogen) atoms. The molecule has 1 aromatic carbocycles. The SMILES string of the molecule is Cc1cccc(Oc2cccc(CN)c2F)n1. The number of pyridine rings is 1. The first-order valence-electron chi connectivity index (χ1n) is 5.29. The van der Waals surface area contributed by atoms with Crippen LogP contribution < -0.4 is 10.5 Å². The molecule has 3 nitrogen and oxygen atoms in total. The van der Waals surface area contributed by atoms with Gasteiger partial charge < -0.3 is 10.5 Å².